The number of anilines is 2. The van der Waals surface area contributed by atoms with E-state index in [2.05, 4.69) is 10.6 Å². The normalized spacial score (nSPS) is 10.6. The highest BCUT2D eigenvalue weighted by molar-refractivity contribution is 7.14. The Morgan fingerprint density at radius 2 is 1.52 bits per heavy atom. The Balaban J connectivity index is 1.82. The summed E-state index contributed by atoms with van der Waals surface area (Å²) in [6.45, 7) is 5.59. The fourth-order valence-electron chi connectivity index (χ4n) is 2.08. The van der Waals surface area contributed by atoms with Crippen LogP contribution in [0.15, 0.2) is 36.4 Å². The topological polar surface area (TPSA) is 75.3 Å². The van der Waals surface area contributed by atoms with Crippen molar-refractivity contribution in [1.29, 1.82) is 0 Å². The van der Waals surface area contributed by atoms with E-state index in [9.17, 15) is 14.4 Å². The smallest absolute Gasteiger partial charge is 0.226 e. The lowest BCUT2D eigenvalue weighted by molar-refractivity contribution is -0.119. The number of amides is 2. The van der Waals surface area contributed by atoms with E-state index in [1.54, 1.807) is 30.3 Å². The summed E-state index contributed by atoms with van der Waals surface area (Å²) in [4.78, 5) is 37.4. The van der Waals surface area contributed by atoms with Crippen molar-refractivity contribution in [3.63, 3.8) is 0 Å². The minimum Gasteiger partial charge on any atom is -0.326 e. The zero-order valence-corrected chi connectivity index (χ0v) is 15.4. The van der Waals surface area contributed by atoms with Crippen LogP contribution >= 0.6 is 11.3 Å². The minimum atomic E-state index is -0.208. The molecule has 0 radical (unpaired) electrons. The molecule has 0 bridgehead atoms. The van der Waals surface area contributed by atoms with Crippen molar-refractivity contribution in [2.45, 2.75) is 33.6 Å². The van der Waals surface area contributed by atoms with Gasteiger partial charge in [-0.25, -0.2) is 0 Å². The monoisotopic (exact) mass is 358 g/mol. The molecule has 0 aliphatic heterocycles. The molecule has 0 unspecified atom stereocenters. The second kappa shape index (κ2) is 8.58. The van der Waals surface area contributed by atoms with Crippen LogP contribution in [0.3, 0.4) is 0 Å². The highest BCUT2D eigenvalue weighted by Crippen LogP contribution is 2.18. The molecule has 0 aliphatic carbocycles. The maximum absolute atomic E-state index is 12.0. The summed E-state index contributed by atoms with van der Waals surface area (Å²) in [6.07, 6.45) is 0.329. The van der Waals surface area contributed by atoms with Gasteiger partial charge in [0.2, 0.25) is 11.8 Å². The van der Waals surface area contributed by atoms with E-state index in [0.29, 0.717) is 16.3 Å². The molecule has 5 nitrogen and oxygen atoms in total. The Morgan fingerprint density at radius 1 is 0.920 bits per heavy atom. The van der Waals surface area contributed by atoms with Crippen LogP contribution in [-0.4, -0.2) is 17.6 Å². The van der Waals surface area contributed by atoms with Gasteiger partial charge in [0.1, 0.15) is 0 Å². The Bertz CT molecular complexity index is 763. The Kier molecular flexibility index (Phi) is 6.47. The first-order valence-electron chi connectivity index (χ1n) is 8.15. The predicted molar refractivity (Wildman–Crippen MR) is 101 cm³/mol. The van der Waals surface area contributed by atoms with Gasteiger partial charge in [0, 0.05) is 35.0 Å². The molecule has 2 aromatic rings. The highest BCUT2D eigenvalue weighted by Gasteiger charge is 2.11. The predicted octanol–water partition coefficient (Wildman–Crippen LogP) is 4.25. The van der Waals surface area contributed by atoms with E-state index in [0.717, 1.165) is 4.88 Å². The molecule has 2 rings (SSSR count). The van der Waals surface area contributed by atoms with Crippen LogP contribution in [0.5, 0.6) is 0 Å². The van der Waals surface area contributed by atoms with E-state index >= 15 is 0 Å². The molecule has 0 fully saturated rings. The summed E-state index contributed by atoms with van der Waals surface area (Å²) in [7, 11) is 0. The number of carbonyl (C=O) groups excluding carboxylic acids is 3. The molecule has 0 saturated carbocycles. The maximum Gasteiger partial charge on any atom is 0.226 e. The van der Waals surface area contributed by atoms with Gasteiger partial charge < -0.3 is 10.6 Å². The molecule has 6 heteroatoms. The first-order valence-corrected chi connectivity index (χ1v) is 8.97. The Hall–Kier alpha value is -2.47. The van der Waals surface area contributed by atoms with Crippen molar-refractivity contribution in [1.82, 2.24) is 0 Å². The van der Waals surface area contributed by atoms with Gasteiger partial charge in [0.25, 0.3) is 0 Å². The maximum atomic E-state index is 12.0. The van der Waals surface area contributed by atoms with Crippen LogP contribution in [-0.2, 0) is 9.59 Å². The number of ketones is 1. The summed E-state index contributed by atoms with van der Waals surface area (Å²) in [5.41, 5.74) is 1.31. The third kappa shape index (κ3) is 5.83. The van der Waals surface area contributed by atoms with Gasteiger partial charge >= 0.3 is 0 Å². The third-order valence-corrected chi connectivity index (χ3v) is 4.60. The van der Waals surface area contributed by atoms with Crippen molar-refractivity contribution >= 4 is 40.3 Å². The summed E-state index contributed by atoms with van der Waals surface area (Å²) in [5, 5.41) is 5.54. The molecular formula is C19H22N2O3S. The summed E-state index contributed by atoms with van der Waals surface area (Å²) in [5.74, 6) is -0.372. The standard InChI is InChI=1S/C19H22N2O3S/c1-12(2)19(24)21-15-7-5-14(6-8-15)20-18(23)11-9-16(22)17-10-4-13(3)25-17/h4-8,10,12H,9,11H2,1-3H3,(H,20,23)(H,21,24). The quantitative estimate of drug-likeness (QED) is 0.727. The molecule has 0 saturated heterocycles. The van der Waals surface area contributed by atoms with Crippen LogP contribution < -0.4 is 10.6 Å². The van der Waals surface area contributed by atoms with Gasteiger partial charge in [0.15, 0.2) is 5.78 Å². The summed E-state index contributed by atoms with van der Waals surface area (Å²) in [6, 6.07) is 10.6. The van der Waals surface area contributed by atoms with Crippen molar-refractivity contribution in [3.05, 3.63) is 46.2 Å². The van der Waals surface area contributed by atoms with E-state index < -0.39 is 0 Å². The largest absolute Gasteiger partial charge is 0.326 e. The lowest BCUT2D eigenvalue weighted by Gasteiger charge is -2.09. The van der Waals surface area contributed by atoms with Crippen LogP contribution in [0.2, 0.25) is 0 Å². The highest BCUT2D eigenvalue weighted by atomic mass is 32.1. The van der Waals surface area contributed by atoms with Gasteiger partial charge in [-0.1, -0.05) is 13.8 Å². The minimum absolute atomic E-state index is 0.0139. The number of hydrogen-bond donors (Lipinski definition) is 2. The van der Waals surface area contributed by atoms with E-state index in [1.165, 1.54) is 11.3 Å². The number of nitrogens with one attached hydrogen (secondary N) is 2. The molecular weight excluding hydrogens is 336 g/mol. The van der Waals surface area contributed by atoms with E-state index in [4.69, 9.17) is 0 Å². The number of rotatable bonds is 7. The molecule has 2 amide bonds. The zero-order chi connectivity index (χ0) is 18.4. The number of aryl methyl sites for hydroxylation is 1. The van der Waals surface area contributed by atoms with Crippen LogP contribution in [0.1, 0.15) is 41.2 Å². The van der Waals surface area contributed by atoms with Gasteiger partial charge in [-0.3, -0.25) is 14.4 Å². The SMILES string of the molecule is Cc1ccc(C(=O)CCC(=O)Nc2ccc(NC(=O)C(C)C)cc2)s1. The molecule has 25 heavy (non-hydrogen) atoms. The number of thiophene rings is 1. The van der Waals surface area contributed by atoms with Crippen molar-refractivity contribution in [3.8, 4) is 0 Å². The lowest BCUT2D eigenvalue weighted by atomic mass is 10.2. The fourth-order valence-corrected chi connectivity index (χ4v) is 2.92. The van der Waals surface area contributed by atoms with Gasteiger partial charge in [-0.15, -0.1) is 11.3 Å². The van der Waals surface area contributed by atoms with Gasteiger partial charge in [0.05, 0.1) is 4.88 Å². The van der Waals surface area contributed by atoms with Crippen LogP contribution in [0.4, 0.5) is 11.4 Å². The number of carbonyl (C=O) groups is 3. The fraction of sp³-hybridized carbons (Fsp3) is 0.316. The number of Topliss-reactive ketones (excluding diaryl/α,β-unsaturated/α-hetero) is 1. The molecule has 132 valence electrons. The van der Waals surface area contributed by atoms with E-state index in [-0.39, 0.29) is 36.4 Å². The third-order valence-electron chi connectivity index (χ3n) is 3.55. The summed E-state index contributed by atoms with van der Waals surface area (Å²) < 4.78 is 0. The van der Waals surface area contributed by atoms with Gasteiger partial charge in [-0.05, 0) is 43.3 Å². The Labute approximate surface area is 151 Å². The van der Waals surface area contributed by atoms with Crippen molar-refractivity contribution in [2.24, 2.45) is 5.92 Å². The second-order valence-corrected chi connectivity index (χ2v) is 7.39. The van der Waals surface area contributed by atoms with Crippen LogP contribution in [0, 0.1) is 12.8 Å². The molecule has 1 heterocycles. The molecule has 0 aliphatic rings. The second-order valence-electron chi connectivity index (χ2n) is 6.10. The van der Waals surface area contributed by atoms with Crippen LogP contribution in [0.25, 0.3) is 0 Å². The molecule has 0 spiro atoms. The summed E-state index contributed by atoms with van der Waals surface area (Å²) >= 11 is 1.44. The molecule has 0 atom stereocenters. The molecule has 2 N–H and O–H groups in total. The number of hydrogen-bond acceptors (Lipinski definition) is 4. The average molecular weight is 358 g/mol. The molecule has 1 aromatic carbocycles. The average Bonchev–Trinajstić information content (AvgIpc) is 3.01. The van der Waals surface area contributed by atoms with Crippen molar-refractivity contribution < 1.29 is 14.4 Å². The zero-order valence-electron chi connectivity index (χ0n) is 14.6. The number of benzene rings is 1. The van der Waals surface area contributed by atoms with Gasteiger partial charge in [-0.2, -0.15) is 0 Å². The van der Waals surface area contributed by atoms with E-state index in [1.807, 2.05) is 26.8 Å². The first kappa shape index (κ1) is 18.9. The first-order chi connectivity index (χ1) is 11.8. The Morgan fingerprint density at radius 3 is 2.04 bits per heavy atom. The molecule has 1 aromatic heterocycles. The lowest BCUT2D eigenvalue weighted by Crippen LogP contribution is -2.17. The van der Waals surface area contributed by atoms with Crippen molar-refractivity contribution in [2.75, 3.05) is 10.6 Å².